The van der Waals surface area contributed by atoms with E-state index in [0.29, 0.717) is 0 Å². The summed E-state index contributed by atoms with van der Waals surface area (Å²) in [4.78, 5) is 4.46. The summed E-state index contributed by atoms with van der Waals surface area (Å²) in [6, 6.07) is 16.9. The molecule has 2 heterocycles. The molecule has 0 aliphatic carbocycles. The third-order valence-electron chi connectivity index (χ3n) is 5.74. The van der Waals surface area contributed by atoms with Gasteiger partial charge in [0.1, 0.15) is 0 Å². The van der Waals surface area contributed by atoms with Crippen LogP contribution in [0.5, 0.6) is 0 Å². The first-order chi connectivity index (χ1) is 13.5. The molecule has 0 saturated carbocycles. The third-order valence-corrected chi connectivity index (χ3v) is 5.74. The van der Waals surface area contributed by atoms with E-state index in [4.69, 9.17) is 0 Å². The molecule has 1 saturated heterocycles. The Morgan fingerprint density at radius 3 is 2.21 bits per heavy atom. The van der Waals surface area contributed by atoms with E-state index in [1.54, 1.807) is 0 Å². The molecule has 1 aliphatic rings. The van der Waals surface area contributed by atoms with E-state index in [1.165, 1.54) is 16.5 Å². The molecule has 2 aromatic carbocycles. The molecule has 0 amide bonds. The van der Waals surface area contributed by atoms with Crippen molar-refractivity contribution in [2.45, 2.75) is 20.1 Å². The second-order valence-electron chi connectivity index (χ2n) is 7.68. The van der Waals surface area contributed by atoms with Gasteiger partial charge in [0.15, 0.2) is 0 Å². The molecule has 0 atom stereocenters. The van der Waals surface area contributed by atoms with Crippen LogP contribution in [0, 0.1) is 0 Å². The quantitative estimate of drug-likeness (QED) is 0.673. The lowest BCUT2D eigenvalue weighted by molar-refractivity contribution is 0.345. The van der Waals surface area contributed by atoms with Crippen molar-refractivity contribution in [3.05, 3.63) is 65.9 Å². The minimum atomic E-state index is -0.591. The second-order valence-corrected chi connectivity index (χ2v) is 7.68. The smallest absolute Gasteiger partial charge is 0.413 e. The van der Waals surface area contributed by atoms with Crippen LogP contribution in [-0.4, -0.2) is 59.6 Å². The number of benzene rings is 2. The maximum atomic E-state index is 10.4. The van der Waals surface area contributed by atoms with Gasteiger partial charge in [-0.15, -0.1) is 0 Å². The van der Waals surface area contributed by atoms with E-state index in [-0.39, 0.29) is 0 Å². The van der Waals surface area contributed by atoms with Gasteiger partial charge in [0, 0.05) is 31.6 Å². The fraction of sp³-hybridized carbons (Fsp3) is 0.333. The van der Waals surface area contributed by atoms with Crippen LogP contribution in [-0.2, 0) is 6.42 Å². The van der Waals surface area contributed by atoms with Gasteiger partial charge in [-0.25, -0.2) is 0 Å². The predicted molar refractivity (Wildman–Crippen MR) is 118 cm³/mol. The van der Waals surface area contributed by atoms with Crippen LogP contribution in [0.25, 0.3) is 10.9 Å². The summed E-state index contributed by atoms with van der Waals surface area (Å²) in [5, 5.41) is 21.5. The molecule has 0 bridgehead atoms. The zero-order valence-corrected chi connectivity index (χ0v) is 16.6. The average molecular weight is 375 g/mol. The maximum Gasteiger partial charge on any atom is 0.413 e. The molecular formula is C21H27B2N3O2. The fourth-order valence-electron chi connectivity index (χ4n) is 4.21. The summed E-state index contributed by atoms with van der Waals surface area (Å²) in [5.74, 6) is 0. The number of fused-ring (bicyclic) bond motifs is 1. The van der Waals surface area contributed by atoms with Gasteiger partial charge in [-0.05, 0) is 43.5 Å². The van der Waals surface area contributed by atoms with Crippen LogP contribution in [0.15, 0.2) is 54.7 Å². The molecule has 28 heavy (non-hydrogen) atoms. The van der Waals surface area contributed by atoms with Crippen LogP contribution in [0.1, 0.15) is 11.1 Å². The third kappa shape index (κ3) is 3.70. The topological polar surface area (TPSA) is 51.9 Å². The van der Waals surface area contributed by atoms with Gasteiger partial charge in [-0.1, -0.05) is 42.5 Å². The number of hydrogen-bond acceptors (Lipinski definition) is 4. The first-order valence-corrected chi connectivity index (χ1v) is 10.1. The minimum absolute atomic E-state index is 0.406. The highest BCUT2D eigenvalue weighted by atomic mass is 16.2. The van der Waals surface area contributed by atoms with Gasteiger partial charge in [-0.2, -0.15) is 0 Å². The largest absolute Gasteiger partial charge is 0.437 e. The van der Waals surface area contributed by atoms with E-state index in [1.807, 2.05) is 24.2 Å². The van der Waals surface area contributed by atoms with E-state index in [9.17, 15) is 10.0 Å². The molecule has 3 aromatic rings. The molecule has 0 spiro atoms. The zero-order valence-electron chi connectivity index (χ0n) is 16.6. The maximum absolute atomic E-state index is 10.4. The molecule has 0 unspecified atom stereocenters. The molecule has 4 rings (SSSR count). The lowest BCUT2D eigenvalue weighted by Gasteiger charge is -2.37. The van der Waals surface area contributed by atoms with Crippen molar-refractivity contribution in [3.63, 3.8) is 0 Å². The standard InChI is InChI=1S/C21H27B2N3O2/c1-22(27)25-13-11-24(12-14-25)20-10-6-9-19-18(15-17-7-4-3-5-8-17)16-26(21(19)20)23(2)28/h3-10,16,27-28H,11-15H2,1-2H3. The van der Waals surface area contributed by atoms with E-state index in [2.05, 4.69) is 58.4 Å². The summed E-state index contributed by atoms with van der Waals surface area (Å²) in [6.07, 6.45) is 2.94. The van der Waals surface area contributed by atoms with E-state index >= 15 is 0 Å². The van der Waals surface area contributed by atoms with Crippen LogP contribution in [0.3, 0.4) is 0 Å². The normalized spacial score (nSPS) is 15.2. The second kappa shape index (κ2) is 8.03. The summed E-state index contributed by atoms with van der Waals surface area (Å²) in [5.41, 5.74) is 4.74. The number of piperazine rings is 1. The summed E-state index contributed by atoms with van der Waals surface area (Å²) in [7, 11) is -0.997. The first kappa shape index (κ1) is 19.1. The lowest BCUT2D eigenvalue weighted by atomic mass is 9.84. The van der Waals surface area contributed by atoms with Crippen molar-refractivity contribution < 1.29 is 10.0 Å². The molecule has 1 fully saturated rings. The molecule has 1 aromatic heterocycles. The molecule has 144 valence electrons. The van der Waals surface area contributed by atoms with Crippen molar-refractivity contribution in [2.24, 2.45) is 0 Å². The van der Waals surface area contributed by atoms with Gasteiger partial charge in [0.25, 0.3) is 0 Å². The summed E-state index contributed by atoms with van der Waals surface area (Å²) in [6.45, 7) is 7.03. The SMILES string of the molecule is CB(O)N1CCN(c2cccc3c(Cc4ccccc4)cn(B(C)O)c23)CC1. The molecular weight excluding hydrogens is 348 g/mol. The average Bonchev–Trinajstić information content (AvgIpc) is 3.08. The molecule has 7 heteroatoms. The Bertz CT molecular complexity index is 935. The van der Waals surface area contributed by atoms with E-state index in [0.717, 1.165) is 43.8 Å². The van der Waals surface area contributed by atoms with Gasteiger partial charge >= 0.3 is 14.1 Å². The van der Waals surface area contributed by atoms with Gasteiger partial charge in [0.2, 0.25) is 0 Å². The highest BCUT2D eigenvalue weighted by molar-refractivity contribution is 6.48. The van der Waals surface area contributed by atoms with Crippen LogP contribution in [0.2, 0.25) is 13.6 Å². The Labute approximate surface area is 167 Å². The summed E-state index contributed by atoms with van der Waals surface area (Å²) >= 11 is 0. The van der Waals surface area contributed by atoms with Crippen LogP contribution in [0.4, 0.5) is 5.69 Å². The lowest BCUT2D eigenvalue weighted by Crippen LogP contribution is -2.51. The number of hydrogen-bond donors (Lipinski definition) is 2. The van der Waals surface area contributed by atoms with Gasteiger partial charge in [0.05, 0.1) is 11.2 Å². The first-order valence-electron chi connectivity index (χ1n) is 10.1. The summed E-state index contributed by atoms with van der Waals surface area (Å²) < 4.78 is 1.99. The number of aromatic nitrogens is 1. The van der Waals surface area contributed by atoms with Crippen molar-refractivity contribution >= 4 is 30.7 Å². The number of para-hydroxylation sites is 1. The predicted octanol–water partition coefficient (Wildman–Crippen LogP) is 2.42. The van der Waals surface area contributed by atoms with Crippen LogP contribution >= 0.6 is 0 Å². The monoisotopic (exact) mass is 375 g/mol. The van der Waals surface area contributed by atoms with Crippen LogP contribution < -0.4 is 4.90 Å². The Kier molecular flexibility index (Phi) is 5.49. The van der Waals surface area contributed by atoms with Crippen molar-refractivity contribution in [1.82, 2.24) is 9.29 Å². The molecule has 5 nitrogen and oxygen atoms in total. The molecule has 2 N–H and O–H groups in total. The Hall–Kier alpha value is -2.21. The molecule has 1 aliphatic heterocycles. The van der Waals surface area contributed by atoms with Gasteiger partial charge in [-0.3, -0.25) is 0 Å². The highest BCUT2D eigenvalue weighted by Gasteiger charge is 2.25. The van der Waals surface area contributed by atoms with Crippen molar-refractivity contribution in [2.75, 3.05) is 31.1 Å². The highest BCUT2D eigenvalue weighted by Crippen LogP contribution is 2.32. The van der Waals surface area contributed by atoms with Crippen molar-refractivity contribution in [1.29, 1.82) is 0 Å². The zero-order chi connectivity index (χ0) is 19.7. The molecule has 0 radical (unpaired) electrons. The Morgan fingerprint density at radius 1 is 0.857 bits per heavy atom. The van der Waals surface area contributed by atoms with Crippen molar-refractivity contribution in [3.8, 4) is 0 Å². The number of anilines is 1. The fourth-order valence-corrected chi connectivity index (χ4v) is 4.21. The van der Waals surface area contributed by atoms with Gasteiger partial charge < -0.3 is 24.2 Å². The Morgan fingerprint density at radius 2 is 1.57 bits per heavy atom. The Balaban J connectivity index is 1.72. The number of rotatable bonds is 5. The van der Waals surface area contributed by atoms with E-state index < -0.39 is 14.1 Å². The number of nitrogens with zero attached hydrogens (tertiary/aromatic N) is 3. The minimum Gasteiger partial charge on any atom is -0.437 e.